The summed E-state index contributed by atoms with van der Waals surface area (Å²) >= 11 is 0. The van der Waals surface area contributed by atoms with E-state index in [1.54, 1.807) is 12.1 Å². The molecule has 0 saturated carbocycles. The number of hydrogen-bond acceptors (Lipinski definition) is 5. The van der Waals surface area contributed by atoms with E-state index in [4.69, 9.17) is 0 Å². The first-order valence-corrected chi connectivity index (χ1v) is 12.4. The summed E-state index contributed by atoms with van der Waals surface area (Å²) in [7, 11) is -3.75. The zero-order valence-corrected chi connectivity index (χ0v) is 18.7. The van der Waals surface area contributed by atoms with Gasteiger partial charge in [0.1, 0.15) is 5.82 Å². The average molecular weight is 464 g/mol. The molecule has 32 heavy (non-hydrogen) atoms. The van der Waals surface area contributed by atoms with Crippen molar-refractivity contribution in [2.45, 2.75) is 32.0 Å². The first-order chi connectivity index (χ1) is 15.2. The SMILES string of the molecule is CCCNC(=O)[C@@H]1[C@@H](CO)[C@@H]2Cn3c(ccc(-c4ccccc4F)c3=O)[C@H]1N2S(C)(=O)=O. The topological polar surface area (TPSA) is 109 Å². The predicted molar refractivity (Wildman–Crippen MR) is 117 cm³/mol. The second kappa shape index (κ2) is 8.42. The van der Waals surface area contributed by atoms with Gasteiger partial charge in [-0.15, -0.1) is 0 Å². The number of rotatable bonds is 6. The second-order valence-electron chi connectivity index (χ2n) is 8.34. The lowest BCUT2D eigenvalue weighted by Gasteiger charge is -2.36. The minimum Gasteiger partial charge on any atom is -0.396 e. The summed E-state index contributed by atoms with van der Waals surface area (Å²) in [6, 6.07) is 7.30. The standard InChI is InChI=1S/C22H26FN3O5S/c1-3-10-24-21(28)19-15(12-27)18-11-25-17(20(19)26(18)32(2,30)31)9-8-14(22(25)29)13-6-4-5-7-16(13)23/h4-9,15,18-20,27H,3,10-12H2,1-2H3,(H,24,28)/t15-,18-,19+,20+/m0/s1. The summed E-state index contributed by atoms with van der Waals surface area (Å²) < 4.78 is 42.4. The third-order valence-electron chi connectivity index (χ3n) is 6.39. The monoisotopic (exact) mass is 463 g/mol. The Morgan fingerprint density at radius 3 is 2.56 bits per heavy atom. The Kier molecular flexibility index (Phi) is 5.95. The minimum atomic E-state index is -3.75. The molecule has 0 spiro atoms. The molecule has 1 amide bonds. The Labute approximate surface area is 185 Å². The normalized spacial score (nSPS) is 24.9. The number of nitrogens with zero attached hydrogens (tertiary/aromatic N) is 2. The van der Waals surface area contributed by atoms with Crippen molar-refractivity contribution in [3.8, 4) is 11.1 Å². The van der Waals surface area contributed by atoms with Crippen molar-refractivity contribution in [2.75, 3.05) is 19.4 Å². The van der Waals surface area contributed by atoms with E-state index in [1.165, 1.54) is 33.1 Å². The molecule has 4 rings (SSSR count). The molecule has 2 aliphatic rings. The Morgan fingerprint density at radius 2 is 1.94 bits per heavy atom. The average Bonchev–Trinajstić information content (AvgIpc) is 3.01. The lowest BCUT2D eigenvalue weighted by Crippen LogP contribution is -2.48. The fourth-order valence-electron chi connectivity index (χ4n) is 5.06. The lowest BCUT2D eigenvalue weighted by molar-refractivity contribution is -0.127. The van der Waals surface area contributed by atoms with Crippen LogP contribution in [0.1, 0.15) is 25.1 Å². The number of hydrogen-bond donors (Lipinski definition) is 2. The molecular formula is C22H26FN3O5S. The predicted octanol–water partition coefficient (Wildman–Crippen LogP) is 1.10. The number of sulfonamides is 1. The van der Waals surface area contributed by atoms with E-state index in [0.717, 1.165) is 6.26 Å². The molecule has 1 saturated heterocycles. The van der Waals surface area contributed by atoms with Crippen LogP contribution in [0.25, 0.3) is 11.1 Å². The van der Waals surface area contributed by atoms with Gasteiger partial charge in [-0.25, -0.2) is 12.8 Å². The fourth-order valence-corrected chi connectivity index (χ4v) is 6.43. The third-order valence-corrected chi connectivity index (χ3v) is 7.65. The number of amides is 1. The zero-order chi connectivity index (χ0) is 23.2. The molecule has 0 radical (unpaired) electrons. The van der Waals surface area contributed by atoms with Crippen LogP contribution in [-0.4, -0.2) is 53.8 Å². The van der Waals surface area contributed by atoms with Gasteiger partial charge in [0.2, 0.25) is 15.9 Å². The summed E-state index contributed by atoms with van der Waals surface area (Å²) in [6.07, 6.45) is 1.77. The lowest BCUT2D eigenvalue weighted by atomic mass is 9.86. The summed E-state index contributed by atoms with van der Waals surface area (Å²) in [6.45, 7) is 1.89. The van der Waals surface area contributed by atoms with E-state index in [9.17, 15) is 27.5 Å². The van der Waals surface area contributed by atoms with Crippen LogP contribution in [-0.2, 0) is 21.4 Å². The van der Waals surface area contributed by atoms with Crippen LogP contribution in [0.2, 0.25) is 0 Å². The van der Waals surface area contributed by atoms with E-state index in [-0.39, 0.29) is 23.6 Å². The zero-order valence-electron chi connectivity index (χ0n) is 17.9. The minimum absolute atomic E-state index is 0.0250. The van der Waals surface area contributed by atoms with Gasteiger partial charge < -0.3 is 15.0 Å². The van der Waals surface area contributed by atoms with E-state index in [1.807, 2.05) is 6.92 Å². The maximum Gasteiger partial charge on any atom is 0.258 e. The highest BCUT2D eigenvalue weighted by atomic mass is 32.2. The molecular weight excluding hydrogens is 437 g/mol. The van der Waals surface area contributed by atoms with Gasteiger partial charge in [0.05, 0.1) is 23.8 Å². The van der Waals surface area contributed by atoms with Crippen LogP contribution in [0, 0.1) is 17.7 Å². The smallest absolute Gasteiger partial charge is 0.258 e. The molecule has 2 aromatic rings. The van der Waals surface area contributed by atoms with Gasteiger partial charge in [0, 0.05) is 42.9 Å². The maximum atomic E-state index is 14.4. The first-order valence-electron chi connectivity index (χ1n) is 10.6. The van der Waals surface area contributed by atoms with Crippen LogP contribution in [0.5, 0.6) is 0 Å². The van der Waals surface area contributed by atoms with E-state index in [0.29, 0.717) is 18.7 Å². The summed E-state index contributed by atoms with van der Waals surface area (Å²) in [4.78, 5) is 26.4. The molecule has 4 atom stereocenters. The van der Waals surface area contributed by atoms with Gasteiger partial charge in [-0.05, 0) is 24.6 Å². The van der Waals surface area contributed by atoms with Crippen molar-refractivity contribution in [2.24, 2.45) is 11.8 Å². The highest BCUT2D eigenvalue weighted by Gasteiger charge is 2.58. The molecule has 0 aliphatic carbocycles. The number of benzene rings is 1. The van der Waals surface area contributed by atoms with E-state index >= 15 is 0 Å². The first kappa shape index (κ1) is 22.6. The van der Waals surface area contributed by atoms with Crippen LogP contribution in [0.3, 0.4) is 0 Å². The quantitative estimate of drug-likeness (QED) is 0.667. The van der Waals surface area contributed by atoms with Gasteiger partial charge >= 0.3 is 0 Å². The molecule has 2 bridgehead atoms. The Morgan fingerprint density at radius 1 is 1.22 bits per heavy atom. The maximum absolute atomic E-state index is 14.4. The molecule has 1 aromatic heterocycles. The number of carbonyl (C=O) groups is 1. The summed E-state index contributed by atoms with van der Waals surface area (Å²) in [5.41, 5.74) is 0.222. The summed E-state index contributed by atoms with van der Waals surface area (Å²) in [5, 5.41) is 12.9. The third kappa shape index (κ3) is 3.56. The molecule has 2 aliphatic heterocycles. The number of fused-ring (bicyclic) bond motifs is 4. The Bertz CT molecular complexity index is 1210. The van der Waals surface area contributed by atoms with Crippen molar-refractivity contribution in [3.05, 3.63) is 58.3 Å². The number of aromatic nitrogens is 1. The van der Waals surface area contributed by atoms with Gasteiger partial charge in [-0.1, -0.05) is 25.1 Å². The largest absolute Gasteiger partial charge is 0.396 e. The van der Waals surface area contributed by atoms with Gasteiger partial charge in [-0.2, -0.15) is 4.31 Å². The van der Waals surface area contributed by atoms with Gasteiger partial charge in [0.15, 0.2) is 0 Å². The van der Waals surface area contributed by atoms with Gasteiger partial charge in [0.25, 0.3) is 5.56 Å². The fraction of sp³-hybridized carbons (Fsp3) is 0.455. The van der Waals surface area contributed by atoms with Crippen molar-refractivity contribution in [3.63, 3.8) is 0 Å². The highest BCUT2D eigenvalue weighted by Crippen LogP contribution is 2.49. The Balaban J connectivity index is 1.89. The van der Waals surface area contributed by atoms with Crippen molar-refractivity contribution in [1.29, 1.82) is 0 Å². The Hall–Kier alpha value is -2.56. The molecule has 1 fully saturated rings. The number of nitrogens with one attached hydrogen (secondary N) is 1. The molecule has 8 nitrogen and oxygen atoms in total. The van der Waals surface area contributed by atoms with Crippen molar-refractivity contribution < 1.29 is 22.7 Å². The van der Waals surface area contributed by atoms with Crippen LogP contribution in [0.4, 0.5) is 4.39 Å². The van der Waals surface area contributed by atoms with Gasteiger partial charge in [-0.3, -0.25) is 9.59 Å². The van der Waals surface area contributed by atoms with E-state index in [2.05, 4.69) is 5.32 Å². The molecule has 3 heterocycles. The van der Waals surface area contributed by atoms with Crippen LogP contribution in [0.15, 0.2) is 41.2 Å². The molecule has 10 heteroatoms. The molecule has 0 unspecified atom stereocenters. The van der Waals surface area contributed by atoms with Crippen molar-refractivity contribution in [1.82, 2.24) is 14.2 Å². The number of halogens is 1. The number of carbonyl (C=O) groups excluding carboxylic acids is 1. The molecule has 1 aromatic carbocycles. The molecule has 2 N–H and O–H groups in total. The number of aliphatic hydroxyl groups excluding tert-OH is 1. The number of aliphatic hydroxyl groups is 1. The highest BCUT2D eigenvalue weighted by molar-refractivity contribution is 7.88. The van der Waals surface area contributed by atoms with Crippen LogP contribution < -0.4 is 10.9 Å². The second-order valence-corrected chi connectivity index (χ2v) is 10.2. The number of pyridine rings is 1. The summed E-state index contributed by atoms with van der Waals surface area (Å²) in [5.74, 6) is -2.42. The van der Waals surface area contributed by atoms with E-state index < -0.39 is 51.9 Å². The van der Waals surface area contributed by atoms with Crippen molar-refractivity contribution >= 4 is 15.9 Å². The van der Waals surface area contributed by atoms with Crippen LogP contribution >= 0.6 is 0 Å². The molecule has 172 valence electrons.